The van der Waals surface area contributed by atoms with Crippen LogP contribution in [0.25, 0.3) is 0 Å². The van der Waals surface area contributed by atoms with E-state index in [0.29, 0.717) is 37.9 Å². The van der Waals surface area contributed by atoms with Crippen LogP contribution < -0.4 is 11.1 Å². The van der Waals surface area contributed by atoms with Crippen LogP contribution in [-0.2, 0) is 9.47 Å². The van der Waals surface area contributed by atoms with Crippen molar-refractivity contribution in [1.29, 1.82) is 0 Å². The molecule has 1 aliphatic rings. The van der Waals surface area contributed by atoms with E-state index in [2.05, 4.69) is 10.3 Å². The first-order valence-electron chi connectivity index (χ1n) is 7.42. The van der Waals surface area contributed by atoms with Gasteiger partial charge in [-0.1, -0.05) is 0 Å². The van der Waals surface area contributed by atoms with Gasteiger partial charge in [-0.25, -0.2) is 4.79 Å². The molecule has 0 bridgehead atoms. The number of hydrogen-bond acceptors (Lipinski definition) is 7. The van der Waals surface area contributed by atoms with Crippen LogP contribution in [0.3, 0.4) is 0 Å². The SMILES string of the molecule is CCOC(=O)c1coc(NCCOC2CCC(N)CC2)n1. The van der Waals surface area contributed by atoms with Crippen molar-refractivity contribution in [1.82, 2.24) is 4.98 Å². The van der Waals surface area contributed by atoms with Gasteiger partial charge in [0.25, 0.3) is 6.01 Å². The van der Waals surface area contributed by atoms with Crippen LogP contribution in [0.2, 0.25) is 0 Å². The molecule has 0 unspecified atom stereocenters. The number of nitrogens with one attached hydrogen (secondary N) is 1. The topological polar surface area (TPSA) is 99.6 Å². The summed E-state index contributed by atoms with van der Waals surface area (Å²) in [5.74, 6) is -0.482. The molecule has 1 saturated carbocycles. The summed E-state index contributed by atoms with van der Waals surface area (Å²) in [5, 5.41) is 2.98. The van der Waals surface area contributed by atoms with Crippen molar-refractivity contribution in [2.75, 3.05) is 25.1 Å². The van der Waals surface area contributed by atoms with Crippen LogP contribution in [0.15, 0.2) is 10.7 Å². The fourth-order valence-corrected chi connectivity index (χ4v) is 2.29. The van der Waals surface area contributed by atoms with Crippen molar-refractivity contribution in [2.24, 2.45) is 5.73 Å². The van der Waals surface area contributed by atoms with E-state index in [1.807, 2.05) is 0 Å². The maximum Gasteiger partial charge on any atom is 0.360 e. The van der Waals surface area contributed by atoms with Gasteiger partial charge in [0.1, 0.15) is 6.26 Å². The molecular formula is C14H23N3O4. The number of aromatic nitrogens is 1. The van der Waals surface area contributed by atoms with Gasteiger partial charge in [-0.05, 0) is 32.6 Å². The predicted octanol–water partition coefficient (Wildman–Crippen LogP) is 1.55. The number of ether oxygens (including phenoxy) is 2. The number of carbonyl (C=O) groups excluding carboxylic acids is 1. The second-order valence-electron chi connectivity index (χ2n) is 5.09. The highest BCUT2D eigenvalue weighted by molar-refractivity contribution is 5.87. The van der Waals surface area contributed by atoms with Crippen LogP contribution in [-0.4, -0.2) is 42.9 Å². The van der Waals surface area contributed by atoms with Gasteiger partial charge in [-0.2, -0.15) is 4.98 Å². The van der Waals surface area contributed by atoms with Crippen molar-refractivity contribution >= 4 is 12.0 Å². The molecule has 0 atom stereocenters. The molecule has 0 spiro atoms. The molecule has 118 valence electrons. The fraction of sp³-hybridized carbons (Fsp3) is 0.714. The van der Waals surface area contributed by atoms with E-state index in [1.165, 1.54) is 6.26 Å². The summed E-state index contributed by atoms with van der Waals surface area (Å²) in [6, 6.07) is 0.629. The maximum atomic E-state index is 11.4. The Morgan fingerprint density at radius 2 is 2.24 bits per heavy atom. The average molecular weight is 297 g/mol. The number of rotatable bonds is 7. The van der Waals surface area contributed by atoms with Crippen LogP contribution in [0.4, 0.5) is 6.01 Å². The average Bonchev–Trinajstić information content (AvgIpc) is 2.95. The molecule has 7 heteroatoms. The van der Waals surface area contributed by atoms with Crippen molar-refractivity contribution < 1.29 is 18.7 Å². The van der Waals surface area contributed by atoms with E-state index in [0.717, 1.165) is 25.7 Å². The third-order valence-electron chi connectivity index (χ3n) is 3.44. The molecule has 1 aromatic rings. The minimum Gasteiger partial charge on any atom is -0.461 e. The number of esters is 1. The Labute approximate surface area is 124 Å². The van der Waals surface area contributed by atoms with Crippen molar-refractivity contribution in [3.05, 3.63) is 12.0 Å². The molecule has 0 aliphatic heterocycles. The van der Waals surface area contributed by atoms with E-state index in [1.54, 1.807) is 6.92 Å². The standard InChI is InChI=1S/C14H23N3O4/c1-2-19-13(18)12-9-21-14(17-12)16-7-8-20-11-5-3-10(15)4-6-11/h9-11H,2-8,15H2,1H3,(H,16,17). The molecular weight excluding hydrogens is 274 g/mol. The predicted molar refractivity (Wildman–Crippen MR) is 77.1 cm³/mol. The number of anilines is 1. The highest BCUT2D eigenvalue weighted by Gasteiger charge is 2.18. The third-order valence-corrected chi connectivity index (χ3v) is 3.44. The van der Waals surface area contributed by atoms with Crippen molar-refractivity contribution in [3.63, 3.8) is 0 Å². The Morgan fingerprint density at radius 3 is 2.95 bits per heavy atom. The van der Waals surface area contributed by atoms with E-state index < -0.39 is 5.97 Å². The number of hydrogen-bond donors (Lipinski definition) is 2. The Morgan fingerprint density at radius 1 is 1.48 bits per heavy atom. The van der Waals surface area contributed by atoms with Crippen molar-refractivity contribution in [3.8, 4) is 0 Å². The molecule has 1 aliphatic carbocycles. The van der Waals surface area contributed by atoms with Gasteiger partial charge in [-0.3, -0.25) is 0 Å². The second kappa shape index (κ2) is 7.99. The lowest BCUT2D eigenvalue weighted by atomic mass is 9.94. The van der Waals surface area contributed by atoms with Gasteiger partial charge in [0.05, 0.1) is 19.3 Å². The molecule has 0 amide bonds. The highest BCUT2D eigenvalue weighted by Crippen LogP contribution is 2.19. The molecule has 21 heavy (non-hydrogen) atoms. The molecule has 2 rings (SSSR count). The smallest absolute Gasteiger partial charge is 0.360 e. The first-order valence-corrected chi connectivity index (χ1v) is 7.42. The van der Waals surface area contributed by atoms with Gasteiger partial charge in [0.2, 0.25) is 0 Å². The zero-order valence-corrected chi connectivity index (χ0v) is 12.3. The maximum absolute atomic E-state index is 11.4. The molecule has 1 heterocycles. The first-order chi connectivity index (χ1) is 10.2. The molecule has 1 fully saturated rings. The Kier molecular flexibility index (Phi) is 6.01. The molecule has 0 saturated heterocycles. The van der Waals surface area contributed by atoms with Gasteiger partial charge < -0.3 is 24.9 Å². The Balaban J connectivity index is 1.63. The fourth-order valence-electron chi connectivity index (χ4n) is 2.29. The van der Waals surface area contributed by atoms with Crippen LogP contribution in [0, 0.1) is 0 Å². The van der Waals surface area contributed by atoms with Crippen LogP contribution in [0.5, 0.6) is 0 Å². The van der Waals surface area contributed by atoms with E-state index >= 15 is 0 Å². The number of nitrogens with two attached hydrogens (primary N) is 1. The Bertz CT molecular complexity index is 441. The summed E-state index contributed by atoms with van der Waals surface area (Å²) in [6.07, 6.45) is 5.68. The number of oxazole rings is 1. The summed E-state index contributed by atoms with van der Waals surface area (Å²) in [7, 11) is 0. The summed E-state index contributed by atoms with van der Waals surface area (Å²) in [5.41, 5.74) is 6.02. The summed E-state index contributed by atoms with van der Waals surface area (Å²) in [6.45, 7) is 3.20. The van der Waals surface area contributed by atoms with Crippen molar-refractivity contribution in [2.45, 2.75) is 44.8 Å². The minimum atomic E-state index is -0.482. The summed E-state index contributed by atoms with van der Waals surface area (Å²) in [4.78, 5) is 15.4. The molecule has 3 N–H and O–H groups in total. The van der Waals surface area contributed by atoms with E-state index in [-0.39, 0.29) is 5.69 Å². The van der Waals surface area contributed by atoms with Gasteiger partial charge in [-0.15, -0.1) is 0 Å². The lowest BCUT2D eigenvalue weighted by molar-refractivity contribution is 0.0311. The lowest BCUT2D eigenvalue weighted by Crippen LogP contribution is -2.31. The van der Waals surface area contributed by atoms with Crippen LogP contribution >= 0.6 is 0 Å². The van der Waals surface area contributed by atoms with Gasteiger partial charge >= 0.3 is 5.97 Å². The first kappa shape index (κ1) is 15.8. The van der Waals surface area contributed by atoms with Crippen LogP contribution in [0.1, 0.15) is 43.1 Å². The normalized spacial score (nSPS) is 22.0. The molecule has 1 aromatic heterocycles. The van der Waals surface area contributed by atoms with E-state index in [4.69, 9.17) is 19.6 Å². The quantitative estimate of drug-likeness (QED) is 0.581. The summed E-state index contributed by atoms with van der Waals surface area (Å²) >= 11 is 0. The monoisotopic (exact) mass is 297 g/mol. The third kappa shape index (κ3) is 5.02. The number of nitrogens with zero attached hydrogens (tertiary/aromatic N) is 1. The lowest BCUT2D eigenvalue weighted by Gasteiger charge is -2.26. The van der Waals surface area contributed by atoms with Gasteiger partial charge in [0, 0.05) is 12.6 Å². The molecule has 0 radical (unpaired) electrons. The zero-order valence-electron chi connectivity index (χ0n) is 12.3. The minimum absolute atomic E-state index is 0.168. The summed E-state index contributed by atoms with van der Waals surface area (Å²) < 4.78 is 15.7. The second-order valence-corrected chi connectivity index (χ2v) is 5.09. The van der Waals surface area contributed by atoms with Gasteiger partial charge in [0.15, 0.2) is 5.69 Å². The molecule has 0 aromatic carbocycles. The largest absolute Gasteiger partial charge is 0.461 e. The molecule has 7 nitrogen and oxygen atoms in total. The number of carbonyl (C=O) groups is 1. The Hall–Kier alpha value is -1.60. The van der Waals surface area contributed by atoms with E-state index in [9.17, 15) is 4.79 Å². The zero-order chi connectivity index (χ0) is 15.1. The highest BCUT2D eigenvalue weighted by atomic mass is 16.5.